The van der Waals surface area contributed by atoms with Gasteiger partial charge in [0.1, 0.15) is 5.75 Å². The molecule has 1 aromatic rings. The molecule has 1 atom stereocenters. The summed E-state index contributed by atoms with van der Waals surface area (Å²) in [5.74, 6) is 0.868. The molecule has 4 heteroatoms. The average Bonchev–Trinajstić information content (AvgIpc) is 2.39. The van der Waals surface area contributed by atoms with Gasteiger partial charge in [0.25, 0.3) is 0 Å². The molecule has 17 heavy (non-hydrogen) atoms. The van der Waals surface area contributed by atoms with Gasteiger partial charge in [-0.15, -0.1) is 0 Å². The highest BCUT2D eigenvalue weighted by Crippen LogP contribution is 2.17. The monoisotopic (exact) mass is 239 g/mol. The van der Waals surface area contributed by atoms with Crippen molar-refractivity contribution in [1.82, 2.24) is 5.32 Å². The molecule has 0 radical (unpaired) electrons. The fraction of sp³-hybridized carbons (Fsp3) is 0.538. The van der Waals surface area contributed by atoms with Crippen LogP contribution in [0.3, 0.4) is 0 Å². The van der Waals surface area contributed by atoms with Gasteiger partial charge in [-0.1, -0.05) is 12.1 Å². The van der Waals surface area contributed by atoms with E-state index in [0.717, 1.165) is 5.75 Å². The van der Waals surface area contributed by atoms with Crippen LogP contribution < -0.4 is 10.1 Å². The summed E-state index contributed by atoms with van der Waals surface area (Å²) in [4.78, 5) is 0. The molecule has 1 unspecified atom stereocenters. The van der Waals surface area contributed by atoms with E-state index in [1.807, 2.05) is 24.3 Å². The molecule has 0 aromatic heterocycles. The fourth-order valence-electron chi connectivity index (χ4n) is 1.55. The highest BCUT2D eigenvalue weighted by Gasteiger charge is 2.09. The zero-order valence-electron chi connectivity index (χ0n) is 10.9. The topological polar surface area (TPSA) is 39.7 Å². The molecule has 0 aliphatic rings. The van der Waals surface area contributed by atoms with Gasteiger partial charge < -0.3 is 19.5 Å². The first-order chi connectivity index (χ1) is 8.21. The van der Waals surface area contributed by atoms with E-state index in [2.05, 4.69) is 12.2 Å². The van der Waals surface area contributed by atoms with Crippen molar-refractivity contribution in [2.75, 3.05) is 27.9 Å². The number of benzene rings is 1. The highest BCUT2D eigenvalue weighted by atomic mass is 16.7. The van der Waals surface area contributed by atoms with E-state index in [1.54, 1.807) is 21.3 Å². The van der Waals surface area contributed by atoms with Crippen molar-refractivity contribution in [3.05, 3.63) is 29.8 Å². The Labute approximate surface area is 103 Å². The van der Waals surface area contributed by atoms with E-state index in [-0.39, 0.29) is 12.3 Å². The molecular formula is C13H21NO3. The van der Waals surface area contributed by atoms with Crippen molar-refractivity contribution in [2.45, 2.75) is 19.3 Å². The van der Waals surface area contributed by atoms with Gasteiger partial charge in [0.05, 0.1) is 7.11 Å². The van der Waals surface area contributed by atoms with Crippen LogP contribution in [0.4, 0.5) is 0 Å². The molecular weight excluding hydrogens is 218 g/mol. The summed E-state index contributed by atoms with van der Waals surface area (Å²) in [6.07, 6.45) is -0.212. The van der Waals surface area contributed by atoms with E-state index in [9.17, 15) is 0 Å². The van der Waals surface area contributed by atoms with E-state index in [1.165, 1.54) is 5.56 Å². The molecule has 0 fully saturated rings. The Morgan fingerprint density at radius 2 is 1.65 bits per heavy atom. The van der Waals surface area contributed by atoms with Crippen LogP contribution in [0.1, 0.15) is 18.5 Å². The number of hydrogen-bond donors (Lipinski definition) is 1. The molecule has 0 spiro atoms. The Morgan fingerprint density at radius 3 is 2.12 bits per heavy atom. The molecule has 0 saturated carbocycles. The van der Waals surface area contributed by atoms with Crippen molar-refractivity contribution in [3.8, 4) is 5.75 Å². The number of rotatable bonds is 7. The summed E-state index contributed by atoms with van der Waals surface area (Å²) in [5, 5.41) is 3.35. The number of hydrogen-bond acceptors (Lipinski definition) is 4. The lowest BCUT2D eigenvalue weighted by atomic mass is 10.1. The van der Waals surface area contributed by atoms with Gasteiger partial charge in [-0.05, 0) is 24.6 Å². The second-order valence-electron chi connectivity index (χ2n) is 3.80. The zero-order valence-corrected chi connectivity index (χ0v) is 10.9. The lowest BCUT2D eigenvalue weighted by molar-refractivity contribution is -0.0997. The Kier molecular flexibility index (Phi) is 5.97. The maximum atomic E-state index is 5.12. The largest absolute Gasteiger partial charge is 0.497 e. The van der Waals surface area contributed by atoms with E-state index < -0.39 is 0 Å². The SMILES string of the molecule is COc1ccc(C(C)NCC(OC)OC)cc1. The predicted molar refractivity (Wildman–Crippen MR) is 67.2 cm³/mol. The summed E-state index contributed by atoms with van der Waals surface area (Å²) in [5.41, 5.74) is 1.21. The highest BCUT2D eigenvalue weighted by molar-refractivity contribution is 5.28. The third-order valence-corrected chi connectivity index (χ3v) is 2.73. The number of ether oxygens (including phenoxy) is 3. The number of methoxy groups -OCH3 is 3. The Balaban J connectivity index is 2.48. The summed E-state index contributed by atoms with van der Waals surface area (Å²) in [7, 11) is 4.93. The van der Waals surface area contributed by atoms with Crippen LogP contribution in [-0.2, 0) is 9.47 Å². The second-order valence-corrected chi connectivity index (χ2v) is 3.80. The summed E-state index contributed by atoms with van der Waals surface area (Å²) in [6.45, 7) is 2.75. The van der Waals surface area contributed by atoms with Crippen LogP contribution >= 0.6 is 0 Å². The standard InChI is InChI=1S/C13H21NO3/c1-10(14-9-13(16-3)17-4)11-5-7-12(15-2)8-6-11/h5-8,10,13-14H,9H2,1-4H3. The molecule has 1 rings (SSSR count). The average molecular weight is 239 g/mol. The van der Waals surface area contributed by atoms with Crippen LogP contribution in [0.2, 0.25) is 0 Å². The maximum absolute atomic E-state index is 5.12. The lowest BCUT2D eigenvalue weighted by Gasteiger charge is -2.19. The quantitative estimate of drug-likeness (QED) is 0.738. The molecule has 0 heterocycles. The predicted octanol–water partition coefficient (Wildman–Crippen LogP) is 1.96. The number of nitrogens with one attached hydrogen (secondary N) is 1. The first-order valence-electron chi connectivity index (χ1n) is 5.64. The van der Waals surface area contributed by atoms with E-state index >= 15 is 0 Å². The van der Waals surface area contributed by atoms with Crippen LogP contribution in [0, 0.1) is 0 Å². The van der Waals surface area contributed by atoms with Gasteiger partial charge in [0, 0.05) is 26.8 Å². The molecule has 0 aliphatic carbocycles. The Hall–Kier alpha value is -1.10. The zero-order chi connectivity index (χ0) is 12.7. The summed E-state index contributed by atoms with van der Waals surface area (Å²) < 4.78 is 15.4. The van der Waals surface area contributed by atoms with Gasteiger partial charge in [-0.2, -0.15) is 0 Å². The molecule has 0 bridgehead atoms. The van der Waals surface area contributed by atoms with Crippen molar-refractivity contribution in [1.29, 1.82) is 0 Å². The molecule has 0 saturated heterocycles. The third kappa shape index (κ3) is 4.34. The van der Waals surface area contributed by atoms with Crippen LogP contribution in [-0.4, -0.2) is 34.2 Å². The first-order valence-corrected chi connectivity index (χ1v) is 5.64. The second kappa shape index (κ2) is 7.27. The molecule has 4 nitrogen and oxygen atoms in total. The molecule has 0 aliphatic heterocycles. The van der Waals surface area contributed by atoms with Gasteiger partial charge in [-0.25, -0.2) is 0 Å². The maximum Gasteiger partial charge on any atom is 0.169 e. The van der Waals surface area contributed by atoms with Gasteiger partial charge >= 0.3 is 0 Å². The fourth-order valence-corrected chi connectivity index (χ4v) is 1.55. The minimum Gasteiger partial charge on any atom is -0.497 e. The normalized spacial score (nSPS) is 12.8. The van der Waals surface area contributed by atoms with Crippen LogP contribution in [0.25, 0.3) is 0 Å². The third-order valence-electron chi connectivity index (χ3n) is 2.73. The van der Waals surface area contributed by atoms with Gasteiger partial charge in [-0.3, -0.25) is 0 Å². The van der Waals surface area contributed by atoms with Crippen molar-refractivity contribution < 1.29 is 14.2 Å². The van der Waals surface area contributed by atoms with Crippen LogP contribution in [0.15, 0.2) is 24.3 Å². The smallest absolute Gasteiger partial charge is 0.169 e. The molecule has 96 valence electrons. The minimum atomic E-state index is -0.212. The molecule has 1 aromatic carbocycles. The molecule has 0 amide bonds. The van der Waals surface area contributed by atoms with Crippen molar-refractivity contribution >= 4 is 0 Å². The Bertz CT molecular complexity index is 309. The minimum absolute atomic E-state index is 0.212. The van der Waals surface area contributed by atoms with E-state index in [4.69, 9.17) is 14.2 Å². The van der Waals surface area contributed by atoms with E-state index in [0.29, 0.717) is 6.54 Å². The summed E-state index contributed by atoms with van der Waals surface area (Å²) >= 11 is 0. The van der Waals surface area contributed by atoms with Gasteiger partial charge in [0.15, 0.2) is 6.29 Å². The van der Waals surface area contributed by atoms with Crippen LogP contribution in [0.5, 0.6) is 5.75 Å². The first kappa shape index (κ1) is 14.0. The summed E-state index contributed by atoms with van der Waals surface area (Å²) in [6, 6.07) is 8.25. The Morgan fingerprint density at radius 1 is 1.06 bits per heavy atom. The lowest BCUT2D eigenvalue weighted by Crippen LogP contribution is -2.31. The van der Waals surface area contributed by atoms with Crippen molar-refractivity contribution in [3.63, 3.8) is 0 Å². The van der Waals surface area contributed by atoms with Gasteiger partial charge in [0.2, 0.25) is 0 Å². The van der Waals surface area contributed by atoms with Crippen molar-refractivity contribution in [2.24, 2.45) is 0 Å². The molecule has 1 N–H and O–H groups in total.